The quantitative estimate of drug-likeness (QED) is 0.165. The molecule has 1 nitrogen and oxygen atoms in total. The molecule has 39 heavy (non-hydrogen) atoms. The van der Waals surface area contributed by atoms with Crippen molar-refractivity contribution >= 4 is 0 Å². The first-order valence-corrected chi connectivity index (χ1v) is 18.6. The van der Waals surface area contributed by atoms with Gasteiger partial charge < -0.3 is 5.73 Å². The Morgan fingerprint density at radius 3 is 0.667 bits per heavy atom. The Labute approximate surface area is 256 Å². The van der Waals surface area contributed by atoms with E-state index in [4.69, 9.17) is 5.73 Å². The molecule has 0 aliphatic heterocycles. The van der Waals surface area contributed by atoms with Crippen LogP contribution in [0, 0.1) is 5.92 Å². The molecule has 0 saturated heterocycles. The second-order valence-electron chi connectivity index (χ2n) is 10.8. The Bertz CT molecular complexity index is 208. The predicted molar refractivity (Wildman–Crippen MR) is 194 cm³/mol. The minimum atomic E-state index is 0.870. The maximum atomic E-state index is 5.39. The summed E-state index contributed by atoms with van der Waals surface area (Å²) in [5.41, 5.74) is 5.39. The molecule has 0 aliphatic carbocycles. The summed E-state index contributed by atoms with van der Waals surface area (Å²) in [4.78, 5) is 0. The third-order valence-corrected chi connectivity index (χ3v) is 5.66. The average molecular weight is 562 g/mol. The summed E-state index contributed by atoms with van der Waals surface area (Å²) >= 11 is 0. The summed E-state index contributed by atoms with van der Waals surface area (Å²) in [5, 5.41) is 0. The van der Waals surface area contributed by atoms with E-state index in [0.29, 0.717) is 0 Å². The molecule has 0 spiro atoms. The van der Waals surface area contributed by atoms with Gasteiger partial charge in [0, 0.05) is 0 Å². The van der Waals surface area contributed by atoms with Crippen LogP contribution in [0.3, 0.4) is 0 Å². The van der Waals surface area contributed by atoms with Gasteiger partial charge in [-0.1, -0.05) is 232 Å². The fourth-order valence-electron chi connectivity index (χ4n) is 2.95. The van der Waals surface area contributed by atoms with Gasteiger partial charge in [0.15, 0.2) is 0 Å². The highest BCUT2D eigenvalue weighted by Gasteiger charge is 1.90. The van der Waals surface area contributed by atoms with Crippen molar-refractivity contribution in [2.45, 2.75) is 238 Å². The minimum absolute atomic E-state index is 0.870. The van der Waals surface area contributed by atoms with Crippen molar-refractivity contribution in [2.24, 2.45) is 11.7 Å². The van der Waals surface area contributed by atoms with E-state index in [2.05, 4.69) is 83.1 Å². The lowest BCUT2D eigenvalue weighted by Gasteiger charge is -1.99. The number of rotatable bonds is 18. The van der Waals surface area contributed by atoms with Gasteiger partial charge in [0.05, 0.1) is 0 Å². The summed E-state index contributed by atoms with van der Waals surface area (Å²) in [6.45, 7) is 31.2. The van der Waals surface area contributed by atoms with Crippen LogP contribution in [0.5, 0.6) is 0 Å². The topological polar surface area (TPSA) is 26.0 Å². The lowest BCUT2D eigenvalue weighted by molar-refractivity contribution is 0.544. The van der Waals surface area contributed by atoms with E-state index in [-0.39, 0.29) is 0 Å². The molecule has 0 atom stereocenters. The minimum Gasteiger partial charge on any atom is -0.330 e. The third-order valence-electron chi connectivity index (χ3n) is 5.66. The molecule has 0 aromatic carbocycles. The van der Waals surface area contributed by atoms with Crippen molar-refractivity contribution in [1.82, 2.24) is 0 Å². The molecule has 0 aliphatic rings. The fourth-order valence-corrected chi connectivity index (χ4v) is 2.95. The first-order chi connectivity index (χ1) is 18.9. The zero-order valence-electron chi connectivity index (χ0n) is 31.4. The highest BCUT2D eigenvalue weighted by atomic mass is 14.5. The van der Waals surface area contributed by atoms with Gasteiger partial charge in [0.2, 0.25) is 0 Å². The number of hydrogen-bond acceptors (Lipinski definition) is 1. The van der Waals surface area contributed by atoms with Gasteiger partial charge in [0.25, 0.3) is 0 Å². The van der Waals surface area contributed by atoms with Crippen LogP contribution < -0.4 is 5.73 Å². The average Bonchev–Trinajstić information content (AvgIpc) is 2.95. The molecule has 0 aromatic rings. The lowest BCUT2D eigenvalue weighted by Crippen LogP contribution is -1.97. The van der Waals surface area contributed by atoms with Crippen molar-refractivity contribution in [3.8, 4) is 0 Å². The first-order valence-electron chi connectivity index (χ1n) is 18.6. The molecule has 0 saturated carbocycles. The maximum absolute atomic E-state index is 5.39. The Morgan fingerprint density at radius 1 is 0.359 bits per heavy atom. The van der Waals surface area contributed by atoms with Gasteiger partial charge in [-0.3, -0.25) is 0 Å². The van der Waals surface area contributed by atoms with Crippen LogP contribution in [0.25, 0.3) is 0 Å². The lowest BCUT2D eigenvalue weighted by atomic mass is 10.1. The highest BCUT2D eigenvalue weighted by Crippen LogP contribution is 2.09. The van der Waals surface area contributed by atoms with Crippen LogP contribution in [0.1, 0.15) is 238 Å². The number of hydrogen-bond donors (Lipinski definition) is 1. The number of unbranched alkanes of at least 4 members (excludes halogenated alkanes) is 15. The van der Waals surface area contributed by atoms with Crippen LogP contribution in [0.4, 0.5) is 0 Å². The molecule has 0 rings (SSSR count). The molecule has 0 heterocycles. The SMILES string of the molecule is CC.CCC.CCC.CCC.CCC(C)CC.CCCCCCCCCCC.CCCCCCCCCCN. The van der Waals surface area contributed by atoms with Crippen molar-refractivity contribution in [2.75, 3.05) is 6.54 Å². The monoisotopic (exact) mass is 562 g/mol. The smallest absolute Gasteiger partial charge is 0.00773 e. The molecule has 248 valence electrons. The predicted octanol–water partition coefficient (Wildman–Crippen LogP) is 15.3. The fraction of sp³-hybridized carbons (Fsp3) is 1.00. The Hall–Kier alpha value is -0.0400. The second kappa shape index (κ2) is 76.9. The van der Waals surface area contributed by atoms with Crippen LogP contribution >= 0.6 is 0 Å². The molecule has 1 heteroatoms. The second-order valence-corrected chi connectivity index (χ2v) is 10.8. The van der Waals surface area contributed by atoms with Crippen molar-refractivity contribution in [3.05, 3.63) is 0 Å². The molecule has 0 aromatic heterocycles. The Morgan fingerprint density at radius 2 is 0.538 bits per heavy atom. The summed E-state index contributed by atoms with van der Waals surface area (Å²) in [6.07, 6.45) is 30.3. The zero-order valence-corrected chi connectivity index (χ0v) is 31.4. The van der Waals surface area contributed by atoms with E-state index in [9.17, 15) is 0 Å². The first kappa shape index (κ1) is 55.0. The van der Waals surface area contributed by atoms with Gasteiger partial charge in [0.1, 0.15) is 0 Å². The number of nitrogens with two attached hydrogens (primary N) is 1. The Kier molecular flexibility index (Phi) is 108. The van der Waals surface area contributed by atoms with Crippen molar-refractivity contribution in [1.29, 1.82) is 0 Å². The molecular weight excluding hydrogens is 470 g/mol. The van der Waals surface area contributed by atoms with Gasteiger partial charge in [-0.25, -0.2) is 0 Å². The molecule has 0 amide bonds. The van der Waals surface area contributed by atoms with E-state index < -0.39 is 0 Å². The van der Waals surface area contributed by atoms with E-state index >= 15 is 0 Å². The molecule has 0 unspecified atom stereocenters. The van der Waals surface area contributed by atoms with Crippen molar-refractivity contribution < 1.29 is 0 Å². The molecule has 0 bridgehead atoms. The largest absolute Gasteiger partial charge is 0.330 e. The molecule has 0 radical (unpaired) electrons. The van der Waals surface area contributed by atoms with Gasteiger partial charge >= 0.3 is 0 Å². The Balaban J connectivity index is -0.0000000678. The summed E-state index contributed by atoms with van der Waals surface area (Å²) < 4.78 is 0. The van der Waals surface area contributed by atoms with Gasteiger partial charge in [-0.2, -0.15) is 0 Å². The normalized spacial score (nSPS) is 8.92. The van der Waals surface area contributed by atoms with Crippen LogP contribution in [0.2, 0.25) is 0 Å². The van der Waals surface area contributed by atoms with E-state index in [1.165, 1.54) is 141 Å². The van der Waals surface area contributed by atoms with Gasteiger partial charge in [-0.05, 0) is 18.9 Å². The summed E-state index contributed by atoms with van der Waals surface area (Å²) in [7, 11) is 0. The van der Waals surface area contributed by atoms with Gasteiger partial charge in [-0.15, -0.1) is 0 Å². The highest BCUT2D eigenvalue weighted by molar-refractivity contribution is 4.46. The van der Waals surface area contributed by atoms with E-state index in [0.717, 1.165) is 12.5 Å². The van der Waals surface area contributed by atoms with E-state index in [1.54, 1.807) is 0 Å². The molecule has 2 N–H and O–H groups in total. The van der Waals surface area contributed by atoms with Crippen LogP contribution in [-0.4, -0.2) is 6.54 Å². The third kappa shape index (κ3) is 123. The maximum Gasteiger partial charge on any atom is -0.00773 e. The summed E-state index contributed by atoms with van der Waals surface area (Å²) in [5.74, 6) is 0.935. The van der Waals surface area contributed by atoms with E-state index in [1.807, 2.05) is 13.8 Å². The zero-order chi connectivity index (χ0) is 31.8. The standard InChI is InChI=1S/C11H24.C10H23N.C6H14.3C3H8.C2H6/c1-3-5-7-9-11-10-8-6-4-2;1-2-3-4-5-6-7-8-9-10-11;1-4-6(3)5-2;3*1-3-2;1-2/h3-11H2,1-2H3;2-11H2,1H3;6H,4-5H2,1-3H3;3*3H2,1-2H3;1-2H3. The summed E-state index contributed by atoms with van der Waals surface area (Å²) in [6, 6.07) is 0. The molecule has 0 fully saturated rings. The van der Waals surface area contributed by atoms with Crippen LogP contribution in [-0.2, 0) is 0 Å². The molecular formula is C38H91N. The van der Waals surface area contributed by atoms with Crippen molar-refractivity contribution in [3.63, 3.8) is 0 Å². The van der Waals surface area contributed by atoms with Crippen LogP contribution in [0.15, 0.2) is 0 Å².